The van der Waals surface area contributed by atoms with Crippen LogP contribution in [0.15, 0.2) is 60.7 Å². The van der Waals surface area contributed by atoms with E-state index in [-0.39, 0.29) is 30.4 Å². The number of carbonyl (C=O) groups is 2. The third kappa shape index (κ3) is 4.36. The molecule has 2 aromatic carbocycles. The molecule has 31 heavy (non-hydrogen) atoms. The van der Waals surface area contributed by atoms with E-state index in [9.17, 15) is 14.7 Å². The Labute approximate surface area is 183 Å². The Bertz CT molecular complexity index is 889. The maximum atomic E-state index is 13.6. The zero-order valence-electron chi connectivity index (χ0n) is 17.9. The van der Waals surface area contributed by atoms with Gasteiger partial charge in [0.2, 0.25) is 5.91 Å². The van der Waals surface area contributed by atoms with Gasteiger partial charge in [-0.15, -0.1) is 0 Å². The number of piperazine rings is 1. The summed E-state index contributed by atoms with van der Waals surface area (Å²) in [5.41, 5.74) is 2.21. The largest absolute Gasteiger partial charge is 0.466 e. The SMILES string of the molecule is CCOC(=O)[C@H]1CN2[C@@H](c3ccccc3)CN(Cc3ccccc3)C(=O)[C@@H]2[C@@H]1CCO. The molecule has 0 bridgehead atoms. The van der Waals surface area contributed by atoms with Crippen LogP contribution in [0.3, 0.4) is 0 Å². The Hall–Kier alpha value is -2.70. The Morgan fingerprint density at radius 2 is 1.74 bits per heavy atom. The summed E-state index contributed by atoms with van der Waals surface area (Å²) in [6.45, 7) is 3.60. The fourth-order valence-corrected chi connectivity index (χ4v) is 5.10. The second-order valence-electron chi connectivity index (χ2n) is 8.31. The number of aliphatic hydroxyl groups is 1. The van der Waals surface area contributed by atoms with Gasteiger partial charge in [0.1, 0.15) is 0 Å². The molecule has 2 saturated heterocycles. The topological polar surface area (TPSA) is 70.1 Å². The molecule has 164 valence electrons. The lowest BCUT2D eigenvalue weighted by molar-refractivity contribution is -0.149. The minimum absolute atomic E-state index is 0.00627. The van der Waals surface area contributed by atoms with Crippen molar-refractivity contribution in [3.05, 3.63) is 71.8 Å². The van der Waals surface area contributed by atoms with Gasteiger partial charge in [-0.05, 0) is 24.5 Å². The van der Waals surface area contributed by atoms with Crippen LogP contribution in [0.4, 0.5) is 0 Å². The maximum absolute atomic E-state index is 13.6. The van der Waals surface area contributed by atoms with Crippen LogP contribution in [-0.4, -0.2) is 59.1 Å². The summed E-state index contributed by atoms with van der Waals surface area (Å²) >= 11 is 0. The molecule has 6 nitrogen and oxygen atoms in total. The summed E-state index contributed by atoms with van der Waals surface area (Å²) in [6, 6.07) is 19.7. The van der Waals surface area contributed by atoms with Crippen molar-refractivity contribution in [2.24, 2.45) is 11.8 Å². The summed E-state index contributed by atoms with van der Waals surface area (Å²) in [4.78, 5) is 30.5. The molecule has 0 radical (unpaired) electrons. The van der Waals surface area contributed by atoms with Gasteiger partial charge in [-0.25, -0.2) is 0 Å². The van der Waals surface area contributed by atoms with Crippen LogP contribution in [0.2, 0.25) is 0 Å². The van der Waals surface area contributed by atoms with Crippen molar-refractivity contribution in [1.82, 2.24) is 9.80 Å². The number of hydrogen-bond donors (Lipinski definition) is 1. The Morgan fingerprint density at radius 1 is 1.06 bits per heavy atom. The Balaban J connectivity index is 1.69. The van der Waals surface area contributed by atoms with E-state index in [0.717, 1.165) is 11.1 Å². The van der Waals surface area contributed by atoms with Crippen LogP contribution in [0.1, 0.15) is 30.5 Å². The van der Waals surface area contributed by atoms with Gasteiger partial charge in [0.15, 0.2) is 0 Å². The minimum Gasteiger partial charge on any atom is -0.466 e. The molecule has 4 rings (SSSR count). The van der Waals surface area contributed by atoms with Crippen molar-refractivity contribution in [3.63, 3.8) is 0 Å². The van der Waals surface area contributed by atoms with Crippen LogP contribution in [0.25, 0.3) is 0 Å². The summed E-state index contributed by atoms with van der Waals surface area (Å²) < 4.78 is 5.34. The van der Waals surface area contributed by atoms with Gasteiger partial charge in [0.05, 0.1) is 24.6 Å². The van der Waals surface area contributed by atoms with Crippen molar-refractivity contribution in [2.75, 3.05) is 26.3 Å². The number of fused-ring (bicyclic) bond motifs is 1. The lowest BCUT2D eigenvalue weighted by Crippen LogP contribution is -2.57. The van der Waals surface area contributed by atoms with Crippen molar-refractivity contribution in [2.45, 2.75) is 32.0 Å². The van der Waals surface area contributed by atoms with Gasteiger partial charge < -0.3 is 14.7 Å². The van der Waals surface area contributed by atoms with Crippen LogP contribution in [-0.2, 0) is 20.9 Å². The number of amides is 1. The number of ether oxygens (including phenoxy) is 1. The van der Waals surface area contributed by atoms with Gasteiger partial charge in [-0.1, -0.05) is 60.7 Å². The highest BCUT2D eigenvalue weighted by Gasteiger charge is 2.54. The highest BCUT2D eigenvalue weighted by molar-refractivity contribution is 5.86. The fraction of sp³-hybridized carbons (Fsp3) is 0.440. The normalized spacial score (nSPS) is 26.0. The first-order valence-corrected chi connectivity index (χ1v) is 11.0. The lowest BCUT2D eigenvalue weighted by Gasteiger charge is -2.44. The second kappa shape index (κ2) is 9.62. The zero-order valence-corrected chi connectivity index (χ0v) is 17.9. The highest BCUT2D eigenvalue weighted by Crippen LogP contribution is 2.43. The summed E-state index contributed by atoms with van der Waals surface area (Å²) in [6.07, 6.45) is 0.400. The van der Waals surface area contributed by atoms with Crippen molar-refractivity contribution in [1.29, 1.82) is 0 Å². The second-order valence-corrected chi connectivity index (χ2v) is 8.31. The summed E-state index contributed by atoms with van der Waals surface area (Å²) in [5, 5.41) is 9.72. The van der Waals surface area contributed by atoms with Crippen LogP contribution in [0, 0.1) is 11.8 Å². The van der Waals surface area contributed by atoms with Crippen LogP contribution >= 0.6 is 0 Å². The number of rotatable bonds is 7. The molecular weight excluding hydrogens is 392 g/mol. The standard InChI is InChI=1S/C25H30N2O4/c1-2-31-25(30)21-16-27-22(19-11-7-4-8-12-19)17-26(15-18-9-5-3-6-10-18)24(29)23(27)20(21)13-14-28/h3-12,20-23,28H,2,13-17H2,1H3/t20-,21+,22-,23+/m1/s1. The van der Waals surface area contributed by atoms with Crippen molar-refractivity contribution < 1.29 is 19.4 Å². The van der Waals surface area contributed by atoms with Gasteiger partial charge in [0, 0.05) is 32.2 Å². The smallest absolute Gasteiger partial charge is 0.310 e. The van der Waals surface area contributed by atoms with E-state index in [0.29, 0.717) is 32.7 Å². The molecule has 0 aromatic heterocycles. The quantitative estimate of drug-likeness (QED) is 0.695. The third-order valence-electron chi connectivity index (χ3n) is 6.50. The highest BCUT2D eigenvalue weighted by atomic mass is 16.5. The molecule has 0 spiro atoms. The first-order chi connectivity index (χ1) is 15.1. The summed E-state index contributed by atoms with van der Waals surface area (Å²) in [7, 11) is 0. The van der Waals surface area contributed by atoms with Gasteiger partial charge in [-0.2, -0.15) is 0 Å². The number of esters is 1. The molecule has 0 unspecified atom stereocenters. The van der Waals surface area contributed by atoms with E-state index in [1.807, 2.05) is 53.4 Å². The molecule has 2 fully saturated rings. The molecule has 2 heterocycles. The van der Waals surface area contributed by atoms with Crippen molar-refractivity contribution in [3.8, 4) is 0 Å². The molecule has 2 aromatic rings. The Morgan fingerprint density at radius 3 is 2.39 bits per heavy atom. The minimum atomic E-state index is -0.441. The monoisotopic (exact) mass is 422 g/mol. The molecule has 2 aliphatic rings. The molecule has 2 aliphatic heterocycles. The van der Waals surface area contributed by atoms with E-state index in [2.05, 4.69) is 17.0 Å². The molecule has 1 amide bonds. The van der Waals surface area contributed by atoms with E-state index in [4.69, 9.17) is 4.74 Å². The number of benzene rings is 2. The number of carbonyl (C=O) groups excluding carboxylic acids is 2. The maximum Gasteiger partial charge on any atom is 0.310 e. The third-order valence-corrected chi connectivity index (χ3v) is 6.50. The molecular formula is C25H30N2O4. The van der Waals surface area contributed by atoms with Gasteiger partial charge in [0.25, 0.3) is 0 Å². The molecule has 4 atom stereocenters. The lowest BCUT2D eigenvalue weighted by atomic mass is 9.86. The number of aliphatic hydroxyl groups excluding tert-OH is 1. The van der Waals surface area contributed by atoms with Crippen LogP contribution in [0.5, 0.6) is 0 Å². The van der Waals surface area contributed by atoms with E-state index in [1.165, 1.54) is 0 Å². The summed E-state index contributed by atoms with van der Waals surface area (Å²) in [5.74, 6) is -0.920. The first-order valence-electron chi connectivity index (χ1n) is 11.0. The Kier molecular flexibility index (Phi) is 6.68. The van der Waals surface area contributed by atoms with E-state index < -0.39 is 12.0 Å². The first kappa shape index (κ1) is 21.5. The molecule has 6 heteroatoms. The molecule has 1 N–H and O–H groups in total. The van der Waals surface area contributed by atoms with Gasteiger partial charge in [-0.3, -0.25) is 14.5 Å². The van der Waals surface area contributed by atoms with Gasteiger partial charge >= 0.3 is 5.97 Å². The van der Waals surface area contributed by atoms with Crippen LogP contribution < -0.4 is 0 Å². The van der Waals surface area contributed by atoms with E-state index in [1.54, 1.807) is 6.92 Å². The molecule has 0 aliphatic carbocycles. The fourth-order valence-electron chi connectivity index (χ4n) is 5.10. The average Bonchev–Trinajstić information content (AvgIpc) is 3.17. The average molecular weight is 423 g/mol. The predicted molar refractivity (Wildman–Crippen MR) is 117 cm³/mol. The predicted octanol–water partition coefficient (Wildman–Crippen LogP) is 2.63. The van der Waals surface area contributed by atoms with Crippen molar-refractivity contribution >= 4 is 11.9 Å². The van der Waals surface area contributed by atoms with E-state index >= 15 is 0 Å². The molecule has 0 saturated carbocycles. The zero-order chi connectivity index (χ0) is 21.8. The number of nitrogens with zero attached hydrogens (tertiary/aromatic N) is 2. The number of hydrogen-bond acceptors (Lipinski definition) is 5.